The number of carbonyl (C=O) groups is 1. The normalized spacial score (nSPS) is 11.4. The summed E-state index contributed by atoms with van der Waals surface area (Å²) in [5, 5.41) is 16.3. The number of furan rings is 1. The third kappa shape index (κ3) is 3.41. The Labute approximate surface area is 135 Å². The third-order valence-corrected chi connectivity index (χ3v) is 3.13. The van der Waals surface area contributed by atoms with Crippen molar-refractivity contribution in [3.63, 3.8) is 0 Å². The molecule has 2 N–H and O–H groups in total. The van der Waals surface area contributed by atoms with E-state index in [1.807, 2.05) is 0 Å². The maximum Gasteiger partial charge on any atom is 0.290 e. The van der Waals surface area contributed by atoms with E-state index in [1.165, 1.54) is 18.7 Å². The van der Waals surface area contributed by atoms with Crippen LogP contribution in [0, 0.1) is 0 Å². The number of ketones is 1. The molecule has 3 rings (SSSR count). The molecule has 2 aromatic heterocycles. The number of hydrogen-bond acceptors (Lipinski definition) is 6. The summed E-state index contributed by atoms with van der Waals surface area (Å²) in [4.78, 5) is 15.8. The molecule has 7 nitrogen and oxygen atoms in total. The number of carbonyl (C=O) groups excluding carboxylic acids is 1. The zero-order chi connectivity index (χ0) is 16.2. The summed E-state index contributed by atoms with van der Waals surface area (Å²) < 4.78 is 10.6. The molecule has 0 unspecified atom stereocenters. The number of allylic oxidation sites excluding steroid dienone is 1. The van der Waals surface area contributed by atoms with E-state index in [-0.39, 0.29) is 23.1 Å². The molecule has 8 heteroatoms. The Hall–Kier alpha value is -3.06. The Morgan fingerprint density at radius 2 is 2.22 bits per heavy atom. The Kier molecular flexibility index (Phi) is 4.11. The van der Waals surface area contributed by atoms with Crippen LogP contribution in [-0.4, -0.2) is 26.1 Å². The largest absolute Gasteiger partial charge is 0.504 e. The number of benzene rings is 1. The Morgan fingerprint density at radius 1 is 1.39 bits per heavy atom. The predicted octanol–water partition coefficient (Wildman–Crippen LogP) is 3.63. The maximum absolute atomic E-state index is 12.0. The van der Waals surface area contributed by atoms with Gasteiger partial charge >= 0.3 is 0 Å². The van der Waals surface area contributed by atoms with Gasteiger partial charge in [0.1, 0.15) is 18.3 Å². The molecule has 0 fully saturated rings. The molecule has 2 heterocycles. The third-order valence-electron chi connectivity index (χ3n) is 2.82. The molecule has 0 saturated heterocycles. The molecule has 116 valence electrons. The van der Waals surface area contributed by atoms with Gasteiger partial charge in [0.25, 0.3) is 5.95 Å². The van der Waals surface area contributed by atoms with Crippen LogP contribution in [0.2, 0.25) is 5.02 Å². The van der Waals surface area contributed by atoms with E-state index in [4.69, 9.17) is 20.8 Å². The van der Waals surface area contributed by atoms with Crippen LogP contribution in [0.25, 0.3) is 5.76 Å². The van der Waals surface area contributed by atoms with E-state index in [0.29, 0.717) is 10.8 Å². The van der Waals surface area contributed by atoms with Crippen LogP contribution in [0.3, 0.4) is 0 Å². The van der Waals surface area contributed by atoms with Crippen molar-refractivity contribution in [3.8, 4) is 11.7 Å². The standard InChI is InChI=1S/C15H10ClN3O4/c16-10-3-1-2-4-13(10)23-14-5-9(7-22-14)11(20)6-12(21)15-17-8-18-19-15/h1-8,21H,(H,17,18,19). The first-order valence-corrected chi connectivity index (χ1v) is 6.83. The lowest BCUT2D eigenvalue weighted by Gasteiger charge is -2.02. The summed E-state index contributed by atoms with van der Waals surface area (Å²) in [6.07, 6.45) is 3.50. The van der Waals surface area contributed by atoms with Crippen molar-refractivity contribution in [1.29, 1.82) is 0 Å². The fourth-order valence-corrected chi connectivity index (χ4v) is 1.91. The maximum atomic E-state index is 12.0. The number of halogens is 1. The van der Waals surface area contributed by atoms with Crippen molar-refractivity contribution >= 4 is 23.1 Å². The van der Waals surface area contributed by atoms with Gasteiger partial charge in [-0.2, -0.15) is 5.10 Å². The fourth-order valence-electron chi connectivity index (χ4n) is 1.74. The second kappa shape index (κ2) is 6.37. The molecule has 0 aliphatic rings. The van der Waals surface area contributed by atoms with Gasteiger partial charge in [0.15, 0.2) is 11.5 Å². The molecule has 0 amide bonds. The summed E-state index contributed by atoms with van der Waals surface area (Å²) in [6.45, 7) is 0. The molecular weight excluding hydrogens is 322 g/mol. The molecule has 0 saturated carbocycles. The number of aliphatic hydroxyl groups is 1. The number of para-hydroxylation sites is 1. The molecule has 0 bridgehead atoms. The van der Waals surface area contributed by atoms with Crippen LogP contribution < -0.4 is 4.74 Å². The zero-order valence-electron chi connectivity index (χ0n) is 11.6. The van der Waals surface area contributed by atoms with E-state index in [0.717, 1.165) is 6.08 Å². The van der Waals surface area contributed by atoms with Crippen molar-refractivity contribution in [3.05, 3.63) is 65.4 Å². The highest BCUT2D eigenvalue weighted by atomic mass is 35.5. The first-order valence-electron chi connectivity index (χ1n) is 6.45. The SMILES string of the molecule is O=C(C=C(O)c1nc[nH]n1)c1coc(Oc2ccccc2Cl)c1. The average Bonchev–Trinajstić information content (AvgIpc) is 3.21. The Bertz CT molecular complexity index is 855. The first kappa shape index (κ1) is 14.9. The van der Waals surface area contributed by atoms with Crippen molar-refractivity contribution in [2.45, 2.75) is 0 Å². The second-order valence-electron chi connectivity index (χ2n) is 4.40. The van der Waals surface area contributed by atoms with Gasteiger partial charge in [0.2, 0.25) is 5.82 Å². The fraction of sp³-hybridized carbons (Fsp3) is 0. The summed E-state index contributed by atoms with van der Waals surface area (Å²) in [7, 11) is 0. The molecule has 3 aromatic rings. The van der Waals surface area contributed by atoms with Crippen LogP contribution >= 0.6 is 11.6 Å². The van der Waals surface area contributed by atoms with E-state index >= 15 is 0 Å². The van der Waals surface area contributed by atoms with E-state index in [1.54, 1.807) is 24.3 Å². The molecule has 0 radical (unpaired) electrons. The highest BCUT2D eigenvalue weighted by Crippen LogP contribution is 2.30. The number of aromatic amines is 1. The van der Waals surface area contributed by atoms with Crippen molar-refractivity contribution in [1.82, 2.24) is 15.2 Å². The number of aliphatic hydroxyl groups excluding tert-OH is 1. The topological polar surface area (TPSA) is 101 Å². The first-order chi connectivity index (χ1) is 11.1. The van der Waals surface area contributed by atoms with Crippen molar-refractivity contribution in [2.24, 2.45) is 0 Å². The molecule has 1 aromatic carbocycles. The van der Waals surface area contributed by atoms with Crippen LogP contribution in [0.15, 0.2) is 53.4 Å². The van der Waals surface area contributed by atoms with Crippen LogP contribution in [0.5, 0.6) is 11.7 Å². The summed E-state index contributed by atoms with van der Waals surface area (Å²) in [6, 6.07) is 8.26. The summed E-state index contributed by atoms with van der Waals surface area (Å²) in [5.74, 6) is -0.306. The molecule has 0 aliphatic carbocycles. The predicted molar refractivity (Wildman–Crippen MR) is 81.6 cm³/mol. The van der Waals surface area contributed by atoms with Crippen LogP contribution in [0.1, 0.15) is 16.2 Å². The van der Waals surface area contributed by atoms with Gasteiger partial charge in [-0.1, -0.05) is 23.7 Å². The quantitative estimate of drug-likeness (QED) is 0.420. The van der Waals surface area contributed by atoms with Gasteiger partial charge in [-0.3, -0.25) is 9.89 Å². The number of hydrogen-bond donors (Lipinski definition) is 2. The lowest BCUT2D eigenvalue weighted by molar-refractivity contribution is 0.104. The average molecular weight is 332 g/mol. The highest BCUT2D eigenvalue weighted by molar-refractivity contribution is 6.32. The van der Waals surface area contributed by atoms with Gasteiger partial charge < -0.3 is 14.3 Å². The lowest BCUT2D eigenvalue weighted by Crippen LogP contribution is -1.95. The van der Waals surface area contributed by atoms with E-state index in [9.17, 15) is 9.90 Å². The smallest absolute Gasteiger partial charge is 0.290 e. The molecular formula is C15H10ClN3O4. The number of nitrogens with zero attached hydrogens (tertiary/aromatic N) is 2. The van der Waals surface area contributed by atoms with Gasteiger partial charge in [0, 0.05) is 12.1 Å². The zero-order valence-corrected chi connectivity index (χ0v) is 12.3. The van der Waals surface area contributed by atoms with Crippen LogP contribution in [0.4, 0.5) is 0 Å². The Balaban J connectivity index is 1.75. The van der Waals surface area contributed by atoms with Crippen molar-refractivity contribution < 1.29 is 19.1 Å². The summed E-state index contributed by atoms with van der Waals surface area (Å²) in [5.41, 5.74) is 0.203. The Morgan fingerprint density at radius 3 is 2.96 bits per heavy atom. The van der Waals surface area contributed by atoms with Crippen molar-refractivity contribution in [2.75, 3.05) is 0 Å². The van der Waals surface area contributed by atoms with Gasteiger partial charge in [-0.25, -0.2) is 4.98 Å². The van der Waals surface area contributed by atoms with E-state index in [2.05, 4.69) is 15.2 Å². The highest BCUT2D eigenvalue weighted by Gasteiger charge is 2.13. The lowest BCUT2D eigenvalue weighted by atomic mass is 10.2. The molecule has 23 heavy (non-hydrogen) atoms. The molecule has 0 aliphatic heterocycles. The minimum absolute atomic E-state index is 0.0226. The van der Waals surface area contributed by atoms with Gasteiger partial charge in [-0.15, -0.1) is 0 Å². The van der Waals surface area contributed by atoms with Gasteiger partial charge in [-0.05, 0) is 12.1 Å². The van der Waals surface area contributed by atoms with Gasteiger partial charge in [0.05, 0.1) is 10.6 Å². The van der Waals surface area contributed by atoms with Crippen LogP contribution in [-0.2, 0) is 0 Å². The number of rotatable bonds is 5. The number of ether oxygens (including phenoxy) is 1. The number of nitrogens with one attached hydrogen (secondary N) is 1. The second-order valence-corrected chi connectivity index (χ2v) is 4.81. The minimum atomic E-state index is -0.481. The number of H-pyrrole nitrogens is 1. The minimum Gasteiger partial charge on any atom is -0.504 e. The monoisotopic (exact) mass is 331 g/mol. The number of aromatic nitrogens is 3. The van der Waals surface area contributed by atoms with E-state index < -0.39 is 5.78 Å². The molecule has 0 spiro atoms. The molecule has 0 atom stereocenters. The summed E-state index contributed by atoms with van der Waals surface area (Å²) >= 11 is 5.98.